The van der Waals surface area contributed by atoms with Crippen LogP contribution in [-0.4, -0.2) is 47.7 Å². The second-order valence-corrected chi connectivity index (χ2v) is 12.3. The Kier molecular flexibility index (Phi) is 7.66. The average molecular weight is 508 g/mol. The number of esters is 1. The topological polar surface area (TPSA) is 68.1 Å². The molecule has 7 unspecified atom stereocenters. The number of aliphatic imine (C=N–C) groups is 1. The molecular formula is C32H45NO4. The maximum Gasteiger partial charge on any atom is 0.334 e. The summed E-state index contributed by atoms with van der Waals surface area (Å²) in [6.07, 6.45) is 15.1. The highest BCUT2D eigenvalue weighted by atomic mass is 16.5. The number of fused-ring (bicyclic) bond motifs is 2. The molecule has 1 saturated heterocycles. The molecule has 5 heteroatoms. The Bertz CT molecular complexity index is 1080. The summed E-state index contributed by atoms with van der Waals surface area (Å²) in [5.74, 6) is 0.459. The Hall–Kier alpha value is -1.98. The first-order chi connectivity index (χ1) is 17.7. The van der Waals surface area contributed by atoms with Gasteiger partial charge in [-0.2, -0.15) is 0 Å². The van der Waals surface area contributed by atoms with E-state index in [1.807, 2.05) is 13.0 Å². The minimum Gasteiger partial charge on any atom is -0.450 e. The van der Waals surface area contributed by atoms with Crippen LogP contribution < -0.4 is 0 Å². The molecule has 7 atom stereocenters. The summed E-state index contributed by atoms with van der Waals surface area (Å²) in [4.78, 5) is 17.4. The highest BCUT2D eigenvalue weighted by Gasteiger charge is 2.48. The molecule has 5 rings (SSSR count). The van der Waals surface area contributed by atoms with Gasteiger partial charge in [-0.1, -0.05) is 24.6 Å². The van der Waals surface area contributed by atoms with E-state index in [0.717, 1.165) is 63.5 Å². The third-order valence-corrected chi connectivity index (χ3v) is 9.87. The largest absolute Gasteiger partial charge is 0.450 e. The quantitative estimate of drug-likeness (QED) is 0.328. The fraction of sp³-hybridized carbons (Fsp3) is 0.688. The predicted molar refractivity (Wildman–Crippen MR) is 147 cm³/mol. The van der Waals surface area contributed by atoms with Crippen molar-refractivity contribution in [2.45, 2.75) is 117 Å². The van der Waals surface area contributed by atoms with Crippen molar-refractivity contribution in [3.63, 3.8) is 0 Å². The fourth-order valence-corrected chi connectivity index (χ4v) is 7.70. The smallest absolute Gasteiger partial charge is 0.334 e. The van der Waals surface area contributed by atoms with Gasteiger partial charge in [0, 0.05) is 29.2 Å². The van der Waals surface area contributed by atoms with E-state index in [9.17, 15) is 9.90 Å². The molecule has 2 bridgehead atoms. The number of nitrogens with zero attached hydrogens (tertiary/aromatic N) is 1. The molecule has 0 amide bonds. The van der Waals surface area contributed by atoms with Gasteiger partial charge in [-0.05, 0) is 114 Å². The molecular weight excluding hydrogens is 462 g/mol. The molecule has 1 spiro atoms. The number of aliphatic hydroxyl groups is 1. The molecule has 0 saturated carbocycles. The first-order valence-electron chi connectivity index (χ1n) is 14.5. The molecule has 4 aliphatic heterocycles. The van der Waals surface area contributed by atoms with Crippen molar-refractivity contribution in [2.24, 2.45) is 22.2 Å². The van der Waals surface area contributed by atoms with Crippen molar-refractivity contribution in [1.82, 2.24) is 0 Å². The van der Waals surface area contributed by atoms with Crippen molar-refractivity contribution >= 4 is 11.7 Å². The van der Waals surface area contributed by atoms with Crippen molar-refractivity contribution in [3.05, 3.63) is 46.1 Å². The fourth-order valence-electron chi connectivity index (χ4n) is 7.70. The van der Waals surface area contributed by atoms with Crippen LogP contribution in [0.4, 0.5) is 0 Å². The van der Waals surface area contributed by atoms with E-state index >= 15 is 0 Å². The molecule has 1 fully saturated rings. The third-order valence-electron chi connectivity index (χ3n) is 9.87. The van der Waals surface area contributed by atoms with E-state index in [1.54, 1.807) is 0 Å². The van der Waals surface area contributed by atoms with Crippen molar-refractivity contribution in [3.8, 4) is 0 Å². The van der Waals surface area contributed by atoms with E-state index < -0.39 is 6.10 Å². The van der Waals surface area contributed by atoms with E-state index in [0.29, 0.717) is 17.9 Å². The number of cyclic esters (lactones) is 1. The number of allylic oxidation sites excluding steroid dienone is 3. The van der Waals surface area contributed by atoms with E-state index in [4.69, 9.17) is 14.5 Å². The number of rotatable bonds is 1. The zero-order valence-corrected chi connectivity index (χ0v) is 23.4. The molecule has 0 aromatic heterocycles. The molecule has 0 aromatic carbocycles. The molecule has 1 N–H and O–H groups in total. The second kappa shape index (κ2) is 10.6. The van der Waals surface area contributed by atoms with Gasteiger partial charge in [0.15, 0.2) is 0 Å². The highest BCUT2D eigenvalue weighted by Crippen LogP contribution is 2.53. The number of aliphatic hydroxyl groups excluding tert-OH is 1. The summed E-state index contributed by atoms with van der Waals surface area (Å²) in [6, 6.07) is 0. The summed E-state index contributed by atoms with van der Waals surface area (Å²) in [7, 11) is 0. The lowest BCUT2D eigenvalue weighted by Gasteiger charge is -2.48. The minimum atomic E-state index is -0.481. The van der Waals surface area contributed by atoms with Crippen LogP contribution in [-0.2, 0) is 14.3 Å². The molecule has 5 aliphatic rings. The van der Waals surface area contributed by atoms with Crippen LogP contribution >= 0.6 is 0 Å². The minimum absolute atomic E-state index is 0.0289. The normalized spacial score (nSPS) is 42.2. The van der Waals surface area contributed by atoms with Gasteiger partial charge < -0.3 is 14.6 Å². The van der Waals surface area contributed by atoms with E-state index in [1.165, 1.54) is 22.4 Å². The van der Waals surface area contributed by atoms with Gasteiger partial charge in [0.05, 0.1) is 18.3 Å². The van der Waals surface area contributed by atoms with Gasteiger partial charge in [-0.25, -0.2) is 4.79 Å². The van der Waals surface area contributed by atoms with Crippen molar-refractivity contribution in [2.75, 3.05) is 6.54 Å². The molecule has 5 nitrogen and oxygen atoms in total. The Morgan fingerprint density at radius 3 is 2.62 bits per heavy atom. The molecule has 37 heavy (non-hydrogen) atoms. The zero-order chi connectivity index (χ0) is 26.3. The summed E-state index contributed by atoms with van der Waals surface area (Å²) >= 11 is 0. The zero-order valence-electron chi connectivity index (χ0n) is 23.4. The number of hydrogen-bond donors (Lipinski definition) is 1. The van der Waals surface area contributed by atoms with Gasteiger partial charge >= 0.3 is 5.97 Å². The van der Waals surface area contributed by atoms with E-state index in [2.05, 4.69) is 39.8 Å². The van der Waals surface area contributed by atoms with E-state index in [-0.39, 0.29) is 35.6 Å². The Morgan fingerprint density at radius 2 is 1.86 bits per heavy atom. The Balaban J connectivity index is 1.55. The van der Waals surface area contributed by atoms with Gasteiger partial charge in [-0.3, -0.25) is 4.99 Å². The monoisotopic (exact) mass is 507 g/mol. The predicted octanol–water partition coefficient (Wildman–Crippen LogP) is 6.43. The number of carbonyl (C=O) groups excluding carboxylic acids is 1. The summed E-state index contributed by atoms with van der Waals surface area (Å²) in [5, 5.41) is 11.2. The van der Waals surface area contributed by atoms with Crippen LogP contribution in [0.1, 0.15) is 92.4 Å². The Morgan fingerprint density at radius 1 is 1.05 bits per heavy atom. The summed E-state index contributed by atoms with van der Waals surface area (Å²) < 4.78 is 12.2. The second-order valence-electron chi connectivity index (χ2n) is 12.3. The van der Waals surface area contributed by atoms with Gasteiger partial charge in [-0.15, -0.1) is 0 Å². The van der Waals surface area contributed by atoms with Crippen LogP contribution in [0.25, 0.3) is 0 Å². The number of carbonyl (C=O) groups is 1. The third kappa shape index (κ3) is 5.06. The highest BCUT2D eigenvalue weighted by molar-refractivity contribution is 5.93. The lowest BCUT2D eigenvalue weighted by Crippen LogP contribution is -2.44. The molecule has 1 aliphatic carbocycles. The summed E-state index contributed by atoms with van der Waals surface area (Å²) in [5.41, 5.74) is 6.92. The van der Waals surface area contributed by atoms with Crippen molar-refractivity contribution < 1.29 is 19.4 Å². The lowest BCUT2D eigenvalue weighted by molar-refractivity contribution is -0.138. The number of ether oxygens (including phenoxy) is 2. The van der Waals surface area contributed by atoms with Crippen LogP contribution in [0.5, 0.6) is 0 Å². The maximum absolute atomic E-state index is 12.2. The van der Waals surface area contributed by atoms with Gasteiger partial charge in [0.25, 0.3) is 0 Å². The van der Waals surface area contributed by atoms with Crippen LogP contribution in [0, 0.1) is 17.3 Å². The molecule has 0 radical (unpaired) electrons. The van der Waals surface area contributed by atoms with Gasteiger partial charge in [0.1, 0.15) is 6.10 Å². The SMILES string of the molecule is CC1=CC(C2=C(C)C3/C=C(/C)C(O)CCC4CC(C)C(O4)/C(C)=C\CCC4=NCCCC43CC2)OC1=O. The number of hydrogen-bond acceptors (Lipinski definition) is 5. The Labute approximate surface area is 222 Å². The average Bonchev–Trinajstić information content (AvgIpc) is 3.41. The van der Waals surface area contributed by atoms with Crippen LogP contribution in [0.2, 0.25) is 0 Å². The first-order valence-corrected chi connectivity index (χ1v) is 14.5. The van der Waals surface area contributed by atoms with Crippen molar-refractivity contribution in [1.29, 1.82) is 0 Å². The molecule has 202 valence electrons. The molecule has 0 aromatic rings. The molecule has 4 heterocycles. The summed E-state index contributed by atoms with van der Waals surface area (Å²) in [6.45, 7) is 11.6. The van der Waals surface area contributed by atoms with Crippen LogP contribution in [0.15, 0.2) is 51.1 Å². The van der Waals surface area contributed by atoms with Gasteiger partial charge in [0.2, 0.25) is 0 Å². The van der Waals surface area contributed by atoms with Crippen LogP contribution in [0.3, 0.4) is 0 Å². The maximum atomic E-state index is 12.2. The lowest BCUT2D eigenvalue weighted by atomic mass is 9.57. The first kappa shape index (κ1) is 26.6. The standard InChI is InChI=1S/C32H45NO4/c1-19-8-6-9-29-32(13-7-15-33-29)14-12-25(28-18-22(4)31(35)37-28)23(5)26(32)17-20(2)27(34)11-10-24-16-21(3)30(19)36-24/h8,17-18,21,24,26-28,30,34H,6-7,9-16H2,1-5H3/b19-8-,20-17-.